The fourth-order valence-electron chi connectivity index (χ4n) is 7.53. The number of fused-ring (bicyclic) bond motifs is 1. The molecule has 11 nitrogen and oxygen atoms in total. The predicted octanol–water partition coefficient (Wildman–Crippen LogP) is 4.42. The van der Waals surface area contributed by atoms with Crippen LogP contribution in [0.3, 0.4) is 0 Å². The number of anilines is 3. The van der Waals surface area contributed by atoms with Crippen molar-refractivity contribution < 1.29 is 19.8 Å². The van der Waals surface area contributed by atoms with Gasteiger partial charge in [0.2, 0.25) is 0 Å². The summed E-state index contributed by atoms with van der Waals surface area (Å²) in [6, 6.07) is 23.1. The van der Waals surface area contributed by atoms with Gasteiger partial charge in [0.25, 0.3) is 11.8 Å². The predicted molar refractivity (Wildman–Crippen MR) is 193 cm³/mol. The molecule has 0 unspecified atom stereocenters. The van der Waals surface area contributed by atoms with Gasteiger partial charge >= 0.3 is 0 Å². The van der Waals surface area contributed by atoms with Crippen LogP contribution in [0.5, 0.6) is 0 Å². The summed E-state index contributed by atoms with van der Waals surface area (Å²) in [7, 11) is 0. The van der Waals surface area contributed by atoms with Gasteiger partial charge in [0.05, 0.1) is 24.6 Å². The fourth-order valence-corrected chi connectivity index (χ4v) is 7.70. The van der Waals surface area contributed by atoms with Crippen LogP contribution in [0, 0.1) is 5.92 Å². The minimum atomic E-state index is -1.80. The number of carbonyl (C=O) groups is 2. The summed E-state index contributed by atoms with van der Waals surface area (Å²) >= 11 is 6.40. The van der Waals surface area contributed by atoms with E-state index in [4.69, 9.17) is 16.7 Å². The number of aliphatic hydroxyl groups is 2. The Balaban J connectivity index is 1.08. The molecule has 0 aliphatic carbocycles. The van der Waals surface area contributed by atoms with Gasteiger partial charge in [-0.1, -0.05) is 66.2 Å². The van der Waals surface area contributed by atoms with Crippen molar-refractivity contribution in [3.05, 3.63) is 113 Å². The molecule has 2 amide bonds. The molecule has 12 heteroatoms. The van der Waals surface area contributed by atoms with Gasteiger partial charge < -0.3 is 25.3 Å². The Hall–Kier alpha value is -4.55. The molecule has 0 radical (unpaired) electrons. The number of halogens is 1. The molecule has 3 aromatic carbocycles. The minimum Gasteiger partial charge on any atom is -0.396 e. The SMILES string of the molecule is C[C@@H](/C=C/CCn1cc(CCO)nn1)[C@]1(O)C(=O)N(Cc2ccc(N3CN(c4ccccc4)C4(CCNCC4)C3=O)cc2)c2ccc(Cl)cc21. The van der Waals surface area contributed by atoms with Gasteiger partial charge in [0.1, 0.15) is 5.54 Å². The third-order valence-corrected chi connectivity index (χ3v) is 10.6. The van der Waals surface area contributed by atoms with Crippen molar-refractivity contribution in [2.75, 3.05) is 41.1 Å². The lowest BCUT2D eigenvalue weighted by Gasteiger charge is -2.39. The summed E-state index contributed by atoms with van der Waals surface area (Å²) in [5, 5.41) is 33.2. The maximum Gasteiger partial charge on any atom is 0.264 e. The highest BCUT2D eigenvalue weighted by Crippen LogP contribution is 2.47. The Kier molecular flexibility index (Phi) is 9.49. The van der Waals surface area contributed by atoms with Crippen LogP contribution in [0.1, 0.15) is 43.0 Å². The zero-order valence-corrected chi connectivity index (χ0v) is 28.8. The number of rotatable bonds is 11. The molecule has 7 rings (SSSR count). The Morgan fingerprint density at radius 3 is 2.50 bits per heavy atom. The maximum absolute atomic E-state index is 14.1. The standard InChI is InChI=1S/C38H42ClN7O4/c1-27(7-5-6-21-43-25-30(16-22-47)41-42-43)38(50)33-23-29(39)12-15-34(33)44(36(38)49)24-28-10-13-31(14-11-28)45-26-46(32-8-3-2-4-9-32)37(35(45)48)17-19-40-20-18-37/h2-5,7-15,23,25,27,40,47,50H,6,16-22,24,26H2,1H3/b7-5+/t27-,38+/m0/s1. The average Bonchev–Trinajstić information content (AvgIpc) is 3.76. The van der Waals surface area contributed by atoms with E-state index in [0.717, 1.165) is 48.6 Å². The van der Waals surface area contributed by atoms with Crippen LogP contribution in [0.4, 0.5) is 17.1 Å². The van der Waals surface area contributed by atoms with Crippen LogP contribution < -0.4 is 20.0 Å². The second-order valence-corrected chi connectivity index (χ2v) is 13.8. The number of hydrogen-bond donors (Lipinski definition) is 3. The number of nitrogens with one attached hydrogen (secondary N) is 1. The molecule has 0 saturated carbocycles. The molecule has 2 atom stereocenters. The lowest BCUT2D eigenvalue weighted by Crippen LogP contribution is -2.55. The molecule has 2 fully saturated rings. The summed E-state index contributed by atoms with van der Waals surface area (Å²) in [5.41, 5.74) is 2.14. The Labute approximate surface area is 296 Å². The Bertz CT molecular complexity index is 1880. The van der Waals surface area contributed by atoms with Crippen LogP contribution in [0.15, 0.2) is 91.1 Å². The fraction of sp³-hybridized carbons (Fsp3) is 0.368. The van der Waals surface area contributed by atoms with Crippen LogP contribution in [-0.2, 0) is 34.7 Å². The monoisotopic (exact) mass is 695 g/mol. The summed E-state index contributed by atoms with van der Waals surface area (Å²) in [5.74, 6) is -0.853. The molecule has 260 valence electrons. The molecule has 3 N–H and O–H groups in total. The zero-order valence-electron chi connectivity index (χ0n) is 28.1. The second kappa shape index (κ2) is 14.0. The van der Waals surface area contributed by atoms with E-state index in [2.05, 4.69) is 32.7 Å². The number of carbonyl (C=O) groups excluding carboxylic acids is 2. The molecular weight excluding hydrogens is 654 g/mol. The van der Waals surface area contributed by atoms with Crippen LogP contribution in [0.2, 0.25) is 5.02 Å². The van der Waals surface area contributed by atoms with Gasteiger partial charge in [-0.3, -0.25) is 19.2 Å². The number of nitrogens with zero attached hydrogens (tertiary/aromatic N) is 6. The number of hydrogen-bond acceptors (Lipinski definition) is 8. The van der Waals surface area contributed by atoms with E-state index in [0.29, 0.717) is 42.3 Å². The van der Waals surface area contributed by atoms with E-state index in [1.54, 1.807) is 34.0 Å². The van der Waals surface area contributed by atoms with Crippen molar-refractivity contribution >= 4 is 40.5 Å². The van der Waals surface area contributed by atoms with E-state index in [9.17, 15) is 14.7 Å². The molecule has 1 spiro atoms. The van der Waals surface area contributed by atoms with E-state index in [-0.39, 0.29) is 19.1 Å². The molecule has 50 heavy (non-hydrogen) atoms. The third kappa shape index (κ3) is 6.08. The number of aliphatic hydroxyl groups excluding tert-OH is 1. The van der Waals surface area contributed by atoms with Crippen molar-refractivity contribution in [3.8, 4) is 0 Å². The molecule has 4 heterocycles. The van der Waals surface area contributed by atoms with Crippen LogP contribution in [-0.4, -0.2) is 68.9 Å². The number of piperidine rings is 1. The van der Waals surface area contributed by atoms with Crippen LogP contribution >= 0.6 is 11.6 Å². The van der Waals surface area contributed by atoms with Gasteiger partial charge in [-0.2, -0.15) is 0 Å². The van der Waals surface area contributed by atoms with E-state index in [1.807, 2.05) is 66.4 Å². The lowest BCUT2D eigenvalue weighted by atomic mass is 9.83. The number of aromatic nitrogens is 3. The number of allylic oxidation sites excluding steroid dienone is 1. The highest BCUT2D eigenvalue weighted by atomic mass is 35.5. The summed E-state index contributed by atoms with van der Waals surface area (Å²) in [4.78, 5) is 33.9. The molecule has 0 bridgehead atoms. The van der Waals surface area contributed by atoms with Gasteiger partial charge in [-0.05, 0) is 80.4 Å². The van der Waals surface area contributed by atoms with Gasteiger partial charge in [-0.25, -0.2) is 0 Å². The average molecular weight is 696 g/mol. The number of benzene rings is 3. The smallest absolute Gasteiger partial charge is 0.264 e. The Morgan fingerprint density at radius 2 is 1.76 bits per heavy atom. The molecular formula is C38H42ClN7O4. The summed E-state index contributed by atoms with van der Waals surface area (Å²) < 4.78 is 1.71. The lowest BCUT2D eigenvalue weighted by molar-refractivity contribution is -0.139. The van der Waals surface area contributed by atoms with Gasteiger partial charge in [-0.15, -0.1) is 5.10 Å². The van der Waals surface area contributed by atoms with Crippen molar-refractivity contribution in [3.63, 3.8) is 0 Å². The first-order valence-corrected chi connectivity index (χ1v) is 17.6. The van der Waals surface area contributed by atoms with E-state index >= 15 is 0 Å². The topological polar surface area (TPSA) is 127 Å². The van der Waals surface area contributed by atoms with Crippen molar-refractivity contribution in [2.24, 2.45) is 5.92 Å². The van der Waals surface area contributed by atoms with E-state index in [1.165, 1.54) is 0 Å². The first-order valence-electron chi connectivity index (χ1n) is 17.2. The molecule has 3 aliphatic heterocycles. The Morgan fingerprint density at radius 1 is 1.00 bits per heavy atom. The highest BCUT2D eigenvalue weighted by Gasteiger charge is 2.54. The molecule has 4 aromatic rings. The third-order valence-electron chi connectivity index (χ3n) is 10.3. The van der Waals surface area contributed by atoms with Gasteiger partial charge in [0.15, 0.2) is 5.60 Å². The largest absolute Gasteiger partial charge is 0.396 e. The van der Waals surface area contributed by atoms with Crippen molar-refractivity contribution in [2.45, 2.75) is 56.8 Å². The number of para-hydroxylation sites is 1. The first-order chi connectivity index (χ1) is 24.2. The quantitative estimate of drug-likeness (QED) is 0.197. The highest BCUT2D eigenvalue weighted by molar-refractivity contribution is 6.31. The van der Waals surface area contributed by atoms with Gasteiger partial charge in [0, 0.05) is 53.6 Å². The van der Waals surface area contributed by atoms with Crippen molar-refractivity contribution in [1.29, 1.82) is 0 Å². The number of aryl methyl sites for hydroxylation is 1. The molecule has 1 aromatic heterocycles. The maximum atomic E-state index is 14.1. The van der Waals surface area contributed by atoms with Crippen molar-refractivity contribution in [1.82, 2.24) is 20.3 Å². The zero-order chi connectivity index (χ0) is 34.9. The minimum absolute atomic E-state index is 0.0169. The van der Waals surface area contributed by atoms with Crippen LogP contribution in [0.25, 0.3) is 0 Å². The summed E-state index contributed by atoms with van der Waals surface area (Å²) in [6.07, 6.45) is 8.14. The number of amides is 2. The molecule has 3 aliphatic rings. The second-order valence-electron chi connectivity index (χ2n) is 13.4. The summed E-state index contributed by atoms with van der Waals surface area (Å²) in [6.45, 7) is 4.70. The normalized spacial score (nSPS) is 20.8. The van der Waals surface area contributed by atoms with E-state index < -0.39 is 23.0 Å². The first kappa shape index (κ1) is 33.9. The molecule has 2 saturated heterocycles.